The number of rotatable bonds is 3. The number of fused-ring (bicyclic) bond motifs is 1. The molecule has 1 aliphatic carbocycles. The lowest BCUT2D eigenvalue weighted by molar-refractivity contribution is -0.0148. The highest BCUT2D eigenvalue weighted by Gasteiger charge is 2.38. The van der Waals surface area contributed by atoms with Gasteiger partial charge in [-0.3, -0.25) is 4.57 Å². The third-order valence-corrected chi connectivity index (χ3v) is 4.74. The first-order chi connectivity index (χ1) is 10.5. The number of anilines is 1. The third kappa shape index (κ3) is 2.35. The Morgan fingerprint density at radius 2 is 1.95 bits per heavy atom. The Morgan fingerprint density at radius 3 is 2.59 bits per heavy atom. The number of aliphatic hydroxyl groups is 2. The number of halogens is 2. The summed E-state index contributed by atoms with van der Waals surface area (Å²) in [6.45, 7) is 0.0791. The molecule has 2 aromatic rings. The van der Waals surface area contributed by atoms with Gasteiger partial charge in [-0.25, -0.2) is 4.98 Å². The van der Waals surface area contributed by atoms with Gasteiger partial charge < -0.3 is 20.3 Å². The number of ether oxygens (including phenoxy) is 1. The van der Waals surface area contributed by atoms with Gasteiger partial charge in [0.1, 0.15) is 12.2 Å². The fourth-order valence-electron chi connectivity index (χ4n) is 2.67. The van der Waals surface area contributed by atoms with E-state index in [0.29, 0.717) is 33.1 Å². The molecule has 1 aromatic heterocycles. The van der Waals surface area contributed by atoms with Crippen LogP contribution in [0, 0.1) is 0 Å². The van der Waals surface area contributed by atoms with E-state index in [2.05, 4.69) is 10.3 Å². The monoisotopic (exact) mass is 343 g/mol. The highest BCUT2D eigenvalue weighted by molar-refractivity contribution is 6.42. The molecule has 0 bridgehead atoms. The average Bonchev–Trinajstić information content (AvgIpc) is 3.16. The van der Waals surface area contributed by atoms with E-state index in [9.17, 15) is 10.2 Å². The molecule has 2 aliphatic rings. The van der Waals surface area contributed by atoms with E-state index in [4.69, 9.17) is 27.9 Å². The molecule has 1 aromatic carbocycles. The van der Waals surface area contributed by atoms with Crippen LogP contribution in [-0.2, 0) is 4.74 Å². The van der Waals surface area contributed by atoms with Gasteiger partial charge in [0.25, 0.3) is 0 Å². The minimum atomic E-state index is -1.02. The fraction of sp³-hybridized carbons (Fsp3) is 0.500. The van der Waals surface area contributed by atoms with Gasteiger partial charge >= 0.3 is 0 Å². The van der Waals surface area contributed by atoms with Crippen LogP contribution in [0.4, 0.5) is 5.95 Å². The van der Waals surface area contributed by atoms with Gasteiger partial charge in [-0.1, -0.05) is 23.2 Å². The van der Waals surface area contributed by atoms with Crippen LogP contribution in [0.5, 0.6) is 0 Å². The lowest BCUT2D eigenvalue weighted by atomic mass is 10.2. The molecule has 0 radical (unpaired) electrons. The summed E-state index contributed by atoms with van der Waals surface area (Å²) in [4.78, 5) is 4.53. The molecular formula is C14H15Cl2N3O3. The number of hydrogen-bond donors (Lipinski definition) is 3. The van der Waals surface area contributed by atoms with Gasteiger partial charge in [-0.15, -0.1) is 0 Å². The number of imidazole rings is 1. The summed E-state index contributed by atoms with van der Waals surface area (Å²) >= 11 is 12.2. The SMILES string of the molecule is O[C@@H]1C(n2c(NC3CC3)nc3cc(Cl)c(Cl)cc32)OC[C@@H]1O. The Morgan fingerprint density at radius 1 is 1.23 bits per heavy atom. The summed E-state index contributed by atoms with van der Waals surface area (Å²) < 4.78 is 7.30. The van der Waals surface area contributed by atoms with Crippen molar-refractivity contribution >= 4 is 40.2 Å². The largest absolute Gasteiger partial charge is 0.388 e. The maximum atomic E-state index is 10.2. The average molecular weight is 344 g/mol. The normalized spacial score (nSPS) is 28.5. The van der Waals surface area contributed by atoms with E-state index in [1.807, 2.05) is 0 Å². The Hall–Kier alpha value is -1.05. The standard InChI is InChI=1S/C14H15Cl2N3O3/c15-7-3-9-10(4-8(7)16)19(13-12(21)11(20)5-22-13)14(18-9)17-6-1-2-6/h3-4,6,11-13,20-21H,1-2,5H2,(H,17,18)/t11-,12-,13?/m0/s1. The van der Waals surface area contributed by atoms with E-state index in [-0.39, 0.29) is 6.61 Å². The molecule has 0 amide bonds. The second-order valence-electron chi connectivity index (χ2n) is 5.76. The summed E-state index contributed by atoms with van der Waals surface area (Å²) in [5.74, 6) is 0.592. The van der Waals surface area contributed by atoms with Crippen LogP contribution < -0.4 is 5.32 Å². The zero-order valence-electron chi connectivity index (χ0n) is 11.5. The zero-order valence-corrected chi connectivity index (χ0v) is 13.1. The van der Waals surface area contributed by atoms with Crippen molar-refractivity contribution in [2.24, 2.45) is 0 Å². The number of nitrogens with one attached hydrogen (secondary N) is 1. The van der Waals surface area contributed by atoms with Crippen molar-refractivity contribution in [2.75, 3.05) is 11.9 Å². The topological polar surface area (TPSA) is 79.5 Å². The number of nitrogens with zero attached hydrogens (tertiary/aromatic N) is 2. The summed E-state index contributed by atoms with van der Waals surface area (Å²) in [5, 5.41) is 24.1. The predicted molar refractivity (Wildman–Crippen MR) is 83.4 cm³/mol. The second kappa shape index (κ2) is 5.25. The van der Waals surface area contributed by atoms with E-state index in [0.717, 1.165) is 12.8 Å². The van der Waals surface area contributed by atoms with Crippen molar-refractivity contribution in [1.82, 2.24) is 9.55 Å². The van der Waals surface area contributed by atoms with Crippen LogP contribution in [0.25, 0.3) is 11.0 Å². The third-order valence-electron chi connectivity index (χ3n) is 4.02. The lowest BCUT2D eigenvalue weighted by Gasteiger charge is -2.20. The van der Waals surface area contributed by atoms with Gasteiger partial charge in [0, 0.05) is 6.04 Å². The number of aliphatic hydroxyl groups excluding tert-OH is 2. The van der Waals surface area contributed by atoms with Crippen molar-refractivity contribution in [1.29, 1.82) is 0 Å². The number of aromatic nitrogens is 2. The first-order valence-corrected chi connectivity index (χ1v) is 7.91. The first kappa shape index (κ1) is 14.5. The zero-order chi connectivity index (χ0) is 15.4. The highest BCUT2D eigenvalue weighted by Crippen LogP contribution is 2.36. The van der Waals surface area contributed by atoms with E-state index < -0.39 is 18.4 Å². The van der Waals surface area contributed by atoms with E-state index in [1.165, 1.54) is 0 Å². The molecule has 1 aliphatic heterocycles. The maximum absolute atomic E-state index is 10.2. The van der Waals surface area contributed by atoms with Gasteiger partial charge in [-0.05, 0) is 25.0 Å². The fourth-order valence-corrected chi connectivity index (χ4v) is 2.99. The molecule has 1 saturated heterocycles. The Bertz CT molecular complexity index is 732. The van der Waals surface area contributed by atoms with E-state index >= 15 is 0 Å². The van der Waals surface area contributed by atoms with Crippen molar-refractivity contribution in [2.45, 2.75) is 37.3 Å². The minimum absolute atomic E-state index is 0.0791. The molecule has 1 unspecified atom stereocenters. The number of benzene rings is 1. The van der Waals surface area contributed by atoms with Crippen molar-refractivity contribution in [3.63, 3.8) is 0 Å². The molecule has 3 atom stereocenters. The molecule has 1 saturated carbocycles. The number of hydrogen-bond acceptors (Lipinski definition) is 5. The maximum Gasteiger partial charge on any atom is 0.206 e. The van der Waals surface area contributed by atoms with Crippen LogP contribution >= 0.6 is 23.2 Å². The molecule has 8 heteroatoms. The quantitative estimate of drug-likeness (QED) is 0.795. The van der Waals surface area contributed by atoms with Crippen LogP contribution in [0.2, 0.25) is 10.0 Å². The molecule has 22 heavy (non-hydrogen) atoms. The smallest absolute Gasteiger partial charge is 0.206 e. The molecule has 4 rings (SSSR count). The summed E-state index contributed by atoms with van der Waals surface area (Å²) in [6.07, 6.45) is -0.480. The van der Waals surface area contributed by atoms with E-state index in [1.54, 1.807) is 16.7 Å². The van der Waals surface area contributed by atoms with Crippen LogP contribution in [0.15, 0.2) is 12.1 Å². The van der Waals surface area contributed by atoms with Crippen LogP contribution in [0.3, 0.4) is 0 Å². The molecular weight excluding hydrogens is 329 g/mol. The first-order valence-electron chi connectivity index (χ1n) is 7.16. The van der Waals surface area contributed by atoms with Crippen LogP contribution in [0.1, 0.15) is 19.1 Å². The molecule has 118 valence electrons. The Labute approximate surface area is 136 Å². The molecule has 2 fully saturated rings. The lowest BCUT2D eigenvalue weighted by Crippen LogP contribution is -2.29. The second-order valence-corrected chi connectivity index (χ2v) is 6.58. The van der Waals surface area contributed by atoms with Crippen molar-refractivity contribution in [3.8, 4) is 0 Å². The van der Waals surface area contributed by atoms with Gasteiger partial charge in [0.05, 0.1) is 27.7 Å². The van der Waals surface area contributed by atoms with Gasteiger partial charge in [0.2, 0.25) is 5.95 Å². The molecule has 3 N–H and O–H groups in total. The van der Waals surface area contributed by atoms with Crippen molar-refractivity contribution < 1.29 is 14.9 Å². The summed E-state index contributed by atoms with van der Waals surface area (Å²) in [7, 11) is 0. The minimum Gasteiger partial charge on any atom is -0.388 e. The predicted octanol–water partition coefficient (Wildman–Crippen LogP) is 2.17. The molecule has 6 nitrogen and oxygen atoms in total. The van der Waals surface area contributed by atoms with Gasteiger partial charge in [-0.2, -0.15) is 0 Å². The Balaban J connectivity index is 1.86. The Kier molecular flexibility index (Phi) is 3.47. The summed E-state index contributed by atoms with van der Waals surface area (Å²) in [6, 6.07) is 3.77. The molecule has 2 heterocycles. The van der Waals surface area contributed by atoms with Gasteiger partial charge in [0.15, 0.2) is 6.23 Å². The van der Waals surface area contributed by atoms with Crippen LogP contribution in [-0.4, -0.2) is 44.6 Å². The summed E-state index contributed by atoms with van der Waals surface area (Å²) in [5.41, 5.74) is 1.37. The highest BCUT2D eigenvalue weighted by atomic mass is 35.5. The molecule has 0 spiro atoms. The van der Waals surface area contributed by atoms with Crippen molar-refractivity contribution in [3.05, 3.63) is 22.2 Å².